The highest BCUT2D eigenvalue weighted by molar-refractivity contribution is 9.09. The summed E-state index contributed by atoms with van der Waals surface area (Å²) in [5.41, 5.74) is 0.641. The van der Waals surface area contributed by atoms with Crippen LogP contribution in [0.2, 0.25) is 0 Å². The number of hydrogen-bond acceptors (Lipinski definition) is 0. The van der Waals surface area contributed by atoms with E-state index in [2.05, 4.69) is 15.9 Å². The third-order valence-electron chi connectivity index (χ3n) is 3.56. The number of hydrogen-bond donors (Lipinski definition) is 0. The van der Waals surface area contributed by atoms with Gasteiger partial charge in [-0.3, -0.25) is 0 Å². The first-order chi connectivity index (χ1) is 8.16. The topological polar surface area (TPSA) is 0 Å². The van der Waals surface area contributed by atoms with Gasteiger partial charge in [0.1, 0.15) is 11.6 Å². The maximum atomic E-state index is 13.6. The van der Waals surface area contributed by atoms with E-state index in [0.29, 0.717) is 22.7 Å². The van der Waals surface area contributed by atoms with Crippen molar-refractivity contribution >= 4 is 15.9 Å². The third kappa shape index (κ3) is 3.51. The molecule has 94 valence electrons. The molecule has 1 aromatic carbocycles. The van der Waals surface area contributed by atoms with Crippen molar-refractivity contribution in [3.63, 3.8) is 0 Å². The summed E-state index contributed by atoms with van der Waals surface area (Å²) in [6.45, 7) is 0. The molecule has 2 atom stereocenters. The van der Waals surface area contributed by atoms with Crippen molar-refractivity contribution in [1.29, 1.82) is 0 Å². The van der Waals surface area contributed by atoms with Crippen molar-refractivity contribution in [2.45, 2.75) is 43.4 Å². The lowest BCUT2D eigenvalue weighted by atomic mass is 9.92. The van der Waals surface area contributed by atoms with E-state index >= 15 is 0 Å². The van der Waals surface area contributed by atoms with Crippen LogP contribution in [0.25, 0.3) is 0 Å². The molecule has 1 fully saturated rings. The Hall–Kier alpha value is -0.440. The Bertz CT molecular complexity index is 378. The minimum Gasteiger partial charge on any atom is -0.207 e. The van der Waals surface area contributed by atoms with Gasteiger partial charge in [0.25, 0.3) is 0 Å². The minimum absolute atomic E-state index is 0.408. The Morgan fingerprint density at radius 1 is 1.12 bits per heavy atom. The van der Waals surface area contributed by atoms with Gasteiger partial charge in [0.15, 0.2) is 0 Å². The highest BCUT2D eigenvalue weighted by atomic mass is 79.9. The molecular weight excluding hydrogens is 286 g/mol. The van der Waals surface area contributed by atoms with E-state index in [1.165, 1.54) is 25.3 Å². The van der Waals surface area contributed by atoms with Gasteiger partial charge in [-0.25, -0.2) is 8.78 Å². The van der Waals surface area contributed by atoms with Crippen LogP contribution in [0.5, 0.6) is 0 Å². The number of alkyl halides is 1. The molecule has 2 rings (SSSR count). The van der Waals surface area contributed by atoms with E-state index < -0.39 is 11.6 Å². The Morgan fingerprint density at radius 2 is 1.88 bits per heavy atom. The molecule has 0 radical (unpaired) electrons. The first-order valence-electron chi connectivity index (χ1n) is 6.25. The summed E-state index contributed by atoms with van der Waals surface area (Å²) in [6, 6.07) is 3.91. The van der Waals surface area contributed by atoms with Crippen LogP contribution in [-0.4, -0.2) is 4.83 Å². The van der Waals surface area contributed by atoms with E-state index in [1.807, 2.05) is 0 Å². The van der Waals surface area contributed by atoms with Crippen LogP contribution < -0.4 is 0 Å². The molecule has 1 aliphatic carbocycles. The van der Waals surface area contributed by atoms with Gasteiger partial charge in [0.2, 0.25) is 0 Å². The molecular formula is C14H17BrF2. The standard InChI is InChI=1S/C14H17BrF2/c15-13-5-3-1-2-4-10(13)8-11-6-7-12(16)9-14(11)17/h6-7,9-10,13H,1-5,8H2. The summed E-state index contributed by atoms with van der Waals surface area (Å²) in [5.74, 6) is -0.436. The Labute approximate surface area is 110 Å². The normalized spacial score (nSPS) is 25.6. The van der Waals surface area contributed by atoms with Gasteiger partial charge in [0.05, 0.1) is 0 Å². The Kier molecular flexibility index (Phi) is 4.55. The van der Waals surface area contributed by atoms with Crippen molar-refractivity contribution in [3.8, 4) is 0 Å². The molecule has 0 spiro atoms. The summed E-state index contributed by atoms with van der Waals surface area (Å²) in [7, 11) is 0. The second kappa shape index (κ2) is 5.94. The molecule has 0 heterocycles. The summed E-state index contributed by atoms with van der Waals surface area (Å²) in [6.07, 6.45) is 6.74. The lowest BCUT2D eigenvalue weighted by molar-refractivity contribution is 0.462. The molecule has 0 nitrogen and oxygen atoms in total. The molecule has 0 aliphatic heterocycles. The predicted octanol–water partition coefficient (Wildman–Crippen LogP) is 4.85. The van der Waals surface area contributed by atoms with E-state index in [1.54, 1.807) is 6.07 Å². The van der Waals surface area contributed by atoms with Crippen molar-refractivity contribution in [2.24, 2.45) is 5.92 Å². The van der Waals surface area contributed by atoms with E-state index in [9.17, 15) is 8.78 Å². The lowest BCUT2D eigenvalue weighted by Gasteiger charge is -2.20. The molecule has 17 heavy (non-hydrogen) atoms. The first kappa shape index (κ1) is 13.0. The lowest BCUT2D eigenvalue weighted by Crippen LogP contribution is -2.16. The molecule has 0 aromatic heterocycles. The highest BCUT2D eigenvalue weighted by Gasteiger charge is 2.22. The maximum absolute atomic E-state index is 13.6. The third-order valence-corrected chi connectivity index (χ3v) is 4.77. The molecule has 0 saturated heterocycles. The SMILES string of the molecule is Fc1ccc(CC2CCCCCC2Br)c(F)c1. The summed E-state index contributed by atoms with van der Waals surface area (Å²) in [5, 5.41) is 0. The zero-order valence-corrected chi connectivity index (χ0v) is 11.3. The molecule has 0 amide bonds. The van der Waals surface area contributed by atoms with Crippen LogP contribution in [0, 0.1) is 17.6 Å². The van der Waals surface area contributed by atoms with Crippen LogP contribution in [0.3, 0.4) is 0 Å². The predicted molar refractivity (Wildman–Crippen MR) is 69.4 cm³/mol. The Morgan fingerprint density at radius 3 is 2.65 bits per heavy atom. The van der Waals surface area contributed by atoms with Gasteiger partial charge in [-0.1, -0.05) is 41.3 Å². The van der Waals surface area contributed by atoms with Crippen LogP contribution in [0.1, 0.15) is 37.7 Å². The fourth-order valence-electron chi connectivity index (χ4n) is 2.54. The van der Waals surface area contributed by atoms with Gasteiger partial charge in [0, 0.05) is 10.9 Å². The van der Waals surface area contributed by atoms with Gasteiger partial charge >= 0.3 is 0 Å². The van der Waals surface area contributed by atoms with E-state index in [4.69, 9.17) is 0 Å². The van der Waals surface area contributed by atoms with Gasteiger partial charge in [-0.2, -0.15) is 0 Å². The molecule has 1 aliphatic rings. The summed E-state index contributed by atoms with van der Waals surface area (Å²) < 4.78 is 26.4. The molecule has 3 heteroatoms. The summed E-state index contributed by atoms with van der Waals surface area (Å²) in [4.78, 5) is 0.467. The number of rotatable bonds is 2. The minimum atomic E-state index is -0.498. The second-order valence-electron chi connectivity index (χ2n) is 4.85. The van der Waals surface area contributed by atoms with Crippen molar-refractivity contribution in [3.05, 3.63) is 35.4 Å². The quantitative estimate of drug-likeness (QED) is 0.541. The van der Waals surface area contributed by atoms with Crippen molar-refractivity contribution in [2.75, 3.05) is 0 Å². The second-order valence-corrected chi connectivity index (χ2v) is 6.03. The fraction of sp³-hybridized carbons (Fsp3) is 0.571. The average molecular weight is 303 g/mol. The van der Waals surface area contributed by atoms with E-state index in [-0.39, 0.29) is 0 Å². The zero-order valence-electron chi connectivity index (χ0n) is 9.76. The number of benzene rings is 1. The number of halogens is 3. The maximum Gasteiger partial charge on any atom is 0.129 e. The van der Waals surface area contributed by atoms with Crippen LogP contribution in [0.4, 0.5) is 8.78 Å². The average Bonchev–Trinajstić information content (AvgIpc) is 2.48. The smallest absolute Gasteiger partial charge is 0.129 e. The monoisotopic (exact) mass is 302 g/mol. The van der Waals surface area contributed by atoms with Crippen LogP contribution in [0.15, 0.2) is 18.2 Å². The van der Waals surface area contributed by atoms with Crippen LogP contribution >= 0.6 is 15.9 Å². The zero-order chi connectivity index (χ0) is 12.3. The van der Waals surface area contributed by atoms with Gasteiger partial charge in [-0.15, -0.1) is 0 Å². The highest BCUT2D eigenvalue weighted by Crippen LogP contribution is 2.31. The molecule has 2 unspecified atom stereocenters. The van der Waals surface area contributed by atoms with Crippen molar-refractivity contribution in [1.82, 2.24) is 0 Å². The molecule has 0 bridgehead atoms. The first-order valence-corrected chi connectivity index (χ1v) is 7.16. The largest absolute Gasteiger partial charge is 0.207 e. The molecule has 0 N–H and O–H groups in total. The molecule has 1 saturated carbocycles. The van der Waals surface area contributed by atoms with Gasteiger partial charge < -0.3 is 0 Å². The fourth-order valence-corrected chi connectivity index (χ4v) is 3.31. The van der Waals surface area contributed by atoms with Crippen LogP contribution in [-0.2, 0) is 6.42 Å². The van der Waals surface area contributed by atoms with Gasteiger partial charge in [-0.05, 0) is 36.8 Å². The van der Waals surface area contributed by atoms with E-state index in [0.717, 1.165) is 18.9 Å². The van der Waals surface area contributed by atoms with Crippen molar-refractivity contribution < 1.29 is 8.78 Å². The Balaban J connectivity index is 2.08. The molecule has 1 aromatic rings. The summed E-state index contributed by atoms with van der Waals surface area (Å²) >= 11 is 3.70.